The zero-order valence-electron chi connectivity index (χ0n) is 7.28. The molecule has 0 aromatic carbocycles. The number of carbonyl (C=O) groups is 2. The summed E-state index contributed by atoms with van der Waals surface area (Å²) in [6.45, 7) is 1.74. The van der Waals surface area contributed by atoms with E-state index >= 15 is 0 Å². The van der Waals surface area contributed by atoms with Crippen LogP contribution < -0.4 is 5.73 Å². The Kier molecular flexibility index (Phi) is 5.32. The molecule has 0 aromatic heterocycles. The second kappa shape index (κ2) is 6.03. The summed E-state index contributed by atoms with van der Waals surface area (Å²) >= 11 is 0. The standard InChI is InChI=1S/C8H11NO4/c1-3-6(9)5-7(10)13-8(11)12-4-2/h1,6H,4-5,9H2,2H3/t6-/m1/s1. The summed E-state index contributed by atoms with van der Waals surface area (Å²) in [6.07, 6.45) is 3.68. The average molecular weight is 185 g/mol. The maximum atomic E-state index is 10.8. The largest absolute Gasteiger partial charge is 0.516 e. The van der Waals surface area contributed by atoms with E-state index in [-0.39, 0.29) is 13.0 Å². The quantitative estimate of drug-likeness (QED) is 0.381. The van der Waals surface area contributed by atoms with Crippen LogP contribution in [-0.2, 0) is 14.3 Å². The van der Waals surface area contributed by atoms with Crippen LogP contribution in [0.3, 0.4) is 0 Å². The Labute approximate surface area is 76.2 Å². The van der Waals surface area contributed by atoms with Crippen molar-refractivity contribution in [3.05, 3.63) is 0 Å². The van der Waals surface area contributed by atoms with Gasteiger partial charge in [-0.3, -0.25) is 4.79 Å². The van der Waals surface area contributed by atoms with Crippen LogP contribution in [0, 0.1) is 12.3 Å². The van der Waals surface area contributed by atoms with Crippen molar-refractivity contribution in [1.82, 2.24) is 0 Å². The second-order valence-electron chi connectivity index (χ2n) is 2.13. The van der Waals surface area contributed by atoms with Gasteiger partial charge in [-0.05, 0) is 6.92 Å². The van der Waals surface area contributed by atoms with Gasteiger partial charge >= 0.3 is 12.1 Å². The molecule has 0 spiro atoms. The highest BCUT2D eigenvalue weighted by Gasteiger charge is 2.13. The number of carbonyl (C=O) groups excluding carboxylic acids is 2. The first-order valence-electron chi connectivity index (χ1n) is 3.69. The van der Waals surface area contributed by atoms with Gasteiger partial charge < -0.3 is 15.2 Å². The molecule has 0 bridgehead atoms. The van der Waals surface area contributed by atoms with Gasteiger partial charge in [0.2, 0.25) is 0 Å². The molecule has 0 heterocycles. The van der Waals surface area contributed by atoms with E-state index in [4.69, 9.17) is 12.2 Å². The minimum atomic E-state index is -1.03. The van der Waals surface area contributed by atoms with Gasteiger partial charge in [0, 0.05) is 0 Å². The van der Waals surface area contributed by atoms with E-state index in [0.29, 0.717) is 0 Å². The molecule has 0 aliphatic carbocycles. The van der Waals surface area contributed by atoms with Crippen molar-refractivity contribution in [3.63, 3.8) is 0 Å². The molecule has 0 aliphatic heterocycles. The molecule has 0 unspecified atom stereocenters. The summed E-state index contributed by atoms with van der Waals surface area (Å²) in [4.78, 5) is 21.4. The van der Waals surface area contributed by atoms with Crippen molar-refractivity contribution in [2.45, 2.75) is 19.4 Å². The molecule has 0 fully saturated rings. The number of ether oxygens (including phenoxy) is 2. The third-order valence-corrected chi connectivity index (χ3v) is 1.06. The number of terminal acetylenes is 1. The molecule has 0 aliphatic rings. The van der Waals surface area contributed by atoms with E-state index in [1.807, 2.05) is 0 Å². The summed E-state index contributed by atoms with van der Waals surface area (Å²) in [7, 11) is 0. The Bertz CT molecular complexity index is 231. The number of rotatable bonds is 3. The van der Waals surface area contributed by atoms with Gasteiger partial charge in [0.1, 0.15) is 0 Å². The Morgan fingerprint density at radius 2 is 2.23 bits per heavy atom. The number of hydrogen-bond acceptors (Lipinski definition) is 5. The van der Waals surface area contributed by atoms with E-state index in [2.05, 4.69) is 15.4 Å². The minimum absolute atomic E-state index is 0.146. The molecule has 0 rings (SSSR count). The van der Waals surface area contributed by atoms with Crippen LogP contribution >= 0.6 is 0 Å². The predicted octanol–water partition coefficient (Wildman–Crippen LogP) is 0.0367. The van der Waals surface area contributed by atoms with Crippen molar-refractivity contribution in [1.29, 1.82) is 0 Å². The number of esters is 1. The maximum Gasteiger partial charge on any atom is 0.516 e. The van der Waals surface area contributed by atoms with Crippen LogP contribution in [0.15, 0.2) is 0 Å². The Hall–Kier alpha value is -1.54. The fourth-order valence-corrected chi connectivity index (χ4v) is 0.520. The second-order valence-corrected chi connectivity index (χ2v) is 2.13. The van der Waals surface area contributed by atoms with Gasteiger partial charge in [0.25, 0.3) is 0 Å². The predicted molar refractivity (Wildman–Crippen MR) is 44.5 cm³/mol. The third kappa shape index (κ3) is 5.70. The van der Waals surface area contributed by atoms with Crippen LogP contribution in [0.4, 0.5) is 4.79 Å². The van der Waals surface area contributed by atoms with Crippen molar-refractivity contribution in [3.8, 4) is 12.3 Å². The summed E-state index contributed by atoms with van der Waals surface area (Å²) < 4.78 is 8.54. The topological polar surface area (TPSA) is 78.6 Å². The monoisotopic (exact) mass is 185 g/mol. The van der Waals surface area contributed by atoms with Gasteiger partial charge in [0.05, 0.1) is 19.1 Å². The average Bonchev–Trinajstić information content (AvgIpc) is 2.04. The van der Waals surface area contributed by atoms with Gasteiger partial charge in [-0.1, -0.05) is 5.92 Å². The van der Waals surface area contributed by atoms with Gasteiger partial charge in [-0.2, -0.15) is 0 Å². The summed E-state index contributed by atoms with van der Waals surface area (Å²) in [6, 6.07) is -0.734. The molecule has 0 radical (unpaired) electrons. The fourth-order valence-electron chi connectivity index (χ4n) is 0.520. The van der Waals surface area contributed by atoms with E-state index in [0.717, 1.165) is 0 Å². The smallest absolute Gasteiger partial charge is 0.434 e. The van der Waals surface area contributed by atoms with Crippen molar-refractivity contribution >= 4 is 12.1 Å². The first-order valence-corrected chi connectivity index (χ1v) is 3.69. The molecular weight excluding hydrogens is 174 g/mol. The molecule has 0 amide bonds. The molecule has 0 saturated carbocycles. The minimum Gasteiger partial charge on any atom is -0.434 e. The molecule has 2 N–H and O–H groups in total. The van der Waals surface area contributed by atoms with Gasteiger partial charge in [0.15, 0.2) is 0 Å². The van der Waals surface area contributed by atoms with Gasteiger partial charge in [-0.25, -0.2) is 4.79 Å². The van der Waals surface area contributed by atoms with E-state index < -0.39 is 18.2 Å². The molecule has 0 saturated heterocycles. The highest BCUT2D eigenvalue weighted by Crippen LogP contribution is 1.93. The van der Waals surface area contributed by atoms with Crippen molar-refractivity contribution < 1.29 is 19.1 Å². The van der Waals surface area contributed by atoms with Crippen LogP contribution in [0.2, 0.25) is 0 Å². The summed E-state index contributed by atoms with van der Waals surface area (Å²) in [5, 5.41) is 0. The van der Waals surface area contributed by atoms with Crippen LogP contribution in [0.1, 0.15) is 13.3 Å². The first-order chi connectivity index (χ1) is 6.10. The molecule has 5 heteroatoms. The summed E-state index contributed by atoms with van der Waals surface area (Å²) in [5.74, 6) is 1.34. The molecule has 1 atom stereocenters. The molecule has 0 aromatic rings. The Morgan fingerprint density at radius 3 is 2.69 bits per heavy atom. The van der Waals surface area contributed by atoms with E-state index in [9.17, 15) is 9.59 Å². The zero-order valence-corrected chi connectivity index (χ0v) is 7.28. The lowest BCUT2D eigenvalue weighted by Gasteiger charge is -2.03. The lowest BCUT2D eigenvalue weighted by atomic mass is 10.2. The zero-order chi connectivity index (χ0) is 10.3. The fraction of sp³-hybridized carbons (Fsp3) is 0.500. The van der Waals surface area contributed by atoms with E-state index in [1.165, 1.54) is 0 Å². The third-order valence-electron chi connectivity index (χ3n) is 1.06. The van der Waals surface area contributed by atoms with Crippen LogP contribution in [0.25, 0.3) is 0 Å². The van der Waals surface area contributed by atoms with E-state index in [1.54, 1.807) is 6.92 Å². The SMILES string of the molecule is C#C[C@@H](N)CC(=O)OC(=O)OCC. The van der Waals surface area contributed by atoms with Crippen molar-refractivity contribution in [2.24, 2.45) is 5.73 Å². The Balaban J connectivity index is 3.76. The maximum absolute atomic E-state index is 10.8. The molecule has 5 nitrogen and oxygen atoms in total. The Morgan fingerprint density at radius 1 is 1.62 bits per heavy atom. The number of hydrogen-bond donors (Lipinski definition) is 1. The highest BCUT2D eigenvalue weighted by molar-refractivity contribution is 5.82. The van der Waals surface area contributed by atoms with Crippen LogP contribution in [-0.4, -0.2) is 24.8 Å². The highest BCUT2D eigenvalue weighted by atomic mass is 16.7. The normalized spacial score (nSPS) is 11.2. The number of nitrogens with two attached hydrogens (primary N) is 1. The first kappa shape index (κ1) is 11.5. The van der Waals surface area contributed by atoms with Crippen molar-refractivity contribution in [2.75, 3.05) is 6.61 Å². The molecule has 72 valence electrons. The van der Waals surface area contributed by atoms with Crippen LogP contribution in [0.5, 0.6) is 0 Å². The molecular formula is C8H11NO4. The van der Waals surface area contributed by atoms with Gasteiger partial charge in [-0.15, -0.1) is 6.42 Å². The summed E-state index contributed by atoms with van der Waals surface area (Å²) in [5.41, 5.74) is 5.23. The lowest BCUT2D eigenvalue weighted by Crippen LogP contribution is -2.24. The lowest BCUT2D eigenvalue weighted by molar-refractivity contribution is -0.139. The molecule has 13 heavy (non-hydrogen) atoms.